The van der Waals surface area contributed by atoms with Gasteiger partial charge in [-0.2, -0.15) is 17.9 Å². The lowest BCUT2D eigenvalue weighted by atomic mass is 9.85. The van der Waals surface area contributed by atoms with E-state index in [1.807, 2.05) is 0 Å². The van der Waals surface area contributed by atoms with Gasteiger partial charge in [0.15, 0.2) is 6.10 Å². The van der Waals surface area contributed by atoms with Gasteiger partial charge in [-0.1, -0.05) is 18.6 Å². The van der Waals surface area contributed by atoms with Crippen LogP contribution < -0.4 is 15.7 Å². The van der Waals surface area contributed by atoms with Gasteiger partial charge in [-0.05, 0) is 44.4 Å². The number of carbonyl (C=O) groups excluding carboxylic acids is 1. The topological polar surface area (TPSA) is 78.2 Å². The van der Waals surface area contributed by atoms with Gasteiger partial charge < -0.3 is 10.1 Å². The summed E-state index contributed by atoms with van der Waals surface area (Å²) in [5.41, 5.74) is -1.67. The first-order valence-corrected chi connectivity index (χ1v) is 11.2. The maximum absolute atomic E-state index is 15.2. The zero-order chi connectivity index (χ0) is 26.4. The molecule has 0 radical (unpaired) electrons. The molecule has 4 rings (SSSR count). The molecule has 1 saturated carbocycles. The van der Waals surface area contributed by atoms with Crippen LogP contribution in [0.15, 0.2) is 35.1 Å². The van der Waals surface area contributed by atoms with E-state index >= 15 is 4.39 Å². The minimum Gasteiger partial charge on any atom is -0.480 e. The van der Waals surface area contributed by atoms with Crippen molar-refractivity contribution < 1.29 is 31.5 Å². The molecule has 1 heterocycles. The number of ether oxygens (including phenoxy) is 1. The first-order valence-electron chi connectivity index (χ1n) is 11.2. The largest absolute Gasteiger partial charge is 0.480 e. The van der Waals surface area contributed by atoms with Gasteiger partial charge in [0.25, 0.3) is 5.91 Å². The molecule has 1 N–H and O–H groups in total. The lowest BCUT2D eigenvalue weighted by Gasteiger charge is -2.23. The second-order valence-electron chi connectivity index (χ2n) is 8.73. The highest BCUT2D eigenvalue weighted by atomic mass is 19.4. The van der Waals surface area contributed by atoms with Crippen LogP contribution in [0.1, 0.15) is 53.8 Å². The molecule has 36 heavy (non-hydrogen) atoms. The molecular formula is C24H23F5N4O3. The van der Waals surface area contributed by atoms with Crippen molar-refractivity contribution in [3.05, 3.63) is 69.4 Å². The maximum Gasteiger partial charge on any atom is 0.425 e. The van der Waals surface area contributed by atoms with Crippen LogP contribution in [-0.2, 0) is 7.05 Å². The summed E-state index contributed by atoms with van der Waals surface area (Å²) in [4.78, 5) is 25.7. The van der Waals surface area contributed by atoms with Crippen molar-refractivity contribution in [2.45, 2.75) is 51.3 Å². The fourth-order valence-electron chi connectivity index (χ4n) is 3.84. The van der Waals surface area contributed by atoms with Crippen molar-refractivity contribution in [2.24, 2.45) is 7.05 Å². The number of alkyl halides is 3. The van der Waals surface area contributed by atoms with Crippen molar-refractivity contribution in [3.63, 3.8) is 0 Å². The molecule has 0 bridgehead atoms. The number of carbonyl (C=O) groups is 1. The van der Waals surface area contributed by atoms with Crippen LogP contribution in [0.5, 0.6) is 5.75 Å². The molecule has 7 nitrogen and oxygen atoms in total. The van der Waals surface area contributed by atoms with E-state index in [2.05, 4.69) is 10.4 Å². The highest BCUT2D eigenvalue weighted by Gasteiger charge is 2.39. The van der Waals surface area contributed by atoms with E-state index in [0.29, 0.717) is 24.4 Å². The lowest BCUT2D eigenvalue weighted by molar-refractivity contribution is -0.189. The molecule has 1 aliphatic carbocycles. The Morgan fingerprint density at radius 1 is 1.19 bits per heavy atom. The third-order valence-corrected chi connectivity index (χ3v) is 6.23. The normalized spacial score (nSPS) is 14.9. The summed E-state index contributed by atoms with van der Waals surface area (Å²) in [6, 6.07) is 5.47. The monoisotopic (exact) mass is 510 g/mol. The Labute approximate surface area is 202 Å². The number of aromatic nitrogens is 3. The lowest BCUT2D eigenvalue weighted by Crippen LogP contribution is -2.32. The number of benzene rings is 2. The summed E-state index contributed by atoms with van der Waals surface area (Å²) in [6.45, 7) is 2.23. The van der Waals surface area contributed by atoms with Gasteiger partial charge in [0, 0.05) is 19.0 Å². The minimum atomic E-state index is -4.80. The number of anilines is 1. The Bertz CT molecular complexity index is 1360. The second kappa shape index (κ2) is 9.40. The van der Waals surface area contributed by atoms with Gasteiger partial charge in [-0.15, -0.1) is 5.10 Å². The number of amides is 1. The summed E-state index contributed by atoms with van der Waals surface area (Å²) >= 11 is 0. The molecular weight excluding hydrogens is 487 g/mol. The molecule has 192 valence electrons. The first-order chi connectivity index (χ1) is 16.9. The molecule has 2 aromatic carbocycles. The summed E-state index contributed by atoms with van der Waals surface area (Å²) in [7, 11) is 1.47. The second-order valence-corrected chi connectivity index (χ2v) is 8.73. The molecule has 1 fully saturated rings. The Kier molecular flexibility index (Phi) is 6.63. The van der Waals surface area contributed by atoms with Crippen molar-refractivity contribution in [1.82, 2.24) is 14.3 Å². The molecule has 1 unspecified atom stereocenters. The molecule has 12 heteroatoms. The smallest absolute Gasteiger partial charge is 0.425 e. The van der Waals surface area contributed by atoms with Crippen molar-refractivity contribution in [2.75, 3.05) is 5.32 Å². The molecule has 3 aromatic rings. The number of hydrogen-bond acceptors (Lipinski definition) is 4. The van der Waals surface area contributed by atoms with E-state index in [9.17, 15) is 27.2 Å². The minimum absolute atomic E-state index is 0.0158. The Morgan fingerprint density at radius 3 is 2.47 bits per heavy atom. The Hall–Kier alpha value is -3.70. The zero-order valence-electron chi connectivity index (χ0n) is 19.6. The molecule has 1 amide bonds. The zero-order valence-corrected chi connectivity index (χ0v) is 19.6. The average molecular weight is 510 g/mol. The number of halogens is 5. The molecule has 1 aromatic heterocycles. The molecule has 0 aliphatic heterocycles. The fraction of sp³-hybridized carbons (Fsp3) is 0.375. The summed E-state index contributed by atoms with van der Waals surface area (Å²) in [6.07, 6.45) is -4.61. The number of nitrogens with one attached hydrogen (secondary N) is 1. The summed E-state index contributed by atoms with van der Waals surface area (Å²) in [5.74, 6) is -3.18. The molecule has 0 saturated heterocycles. The average Bonchev–Trinajstić information content (AvgIpc) is 3.04. The van der Waals surface area contributed by atoms with Crippen LogP contribution in [0.4, 0.5) is 27.6 Å². The number of rotatable bonds is 6. The van der Waals surface area contributed by atoms with E-state index in [-0.39, 0.29) is 11.6 Å². The van der Waals surface area contributed by atoms with Crippen LogP contribution in [0, 0.1) is 18.6 Å². The Morgan fingerprint density at radius 2 is 1.89 bits per heavy atom. The predicted octanol–water partition coefficient (Wildman–Crippen LogP) is 5.01. The van der Waals surface area contributed by atoms with Crippen molar-refractivity contribution in [3.8, 4) is 11.4 Å². The molecule has 1 aliphatic rings. The quantitative estimate of drug-likeness (QED) is 0.473. The van der Waals surface area contributed by atoms with Gasteiger partial charge in [-0.3, -0.25) is 9.36 Å². The summed E-state index contributed by atoms with van der Waals surface area (Å²) < 4.78 is 76.2. The van der Waals surface area contributed by atoms with Gasteiger partial charge >= 0.3 is 11.9 Å². The Balaban J connectivity index is 1.80. The summed E-state index contributed by atoms with van der Waals surface area (Å²) in [5, 5.41) is 6.45. The van der Waals surface area contributed by atoms with Gasteiger partial charge in [-0.25, -0.2) is 13.6 Å². The SMILES string of the molecule is Cc1cccc(F)c1NC(=O)c1cc(F)c(-n2nc(C3CCC3)n(C)c2=O)cc1OC(C)C(F)(F)F. The van der Waals surface area contributed by atoms with Crippen LogP contribution in [-0.4, -0.2) is 32.5 Å². The van der Waals surface area contributed by atoms with Crippen LogP contribution in [0.2, 0.25) is 0 Å². The molecule has 1 atom stereocenters. The fourth-order valence-corrected chi connectivity index (χ4v) is 3.84. The van der Waals surface area contributed by atoms with E-state index in [1.165, 1.54) is 30.7 Å². The predicted molar refractivity (Wildman–Crippen MR) is 121 cm³/mol. The maximum atomic E-state index is 15.2. The third kappa shape index (κ3) is 4.71. The first kappa shape index (κ1) is 25.4. The van der Waals surface area contributed by atoms with Gasteiger partial charge in [0.1, 0.15) is 28.9 Å². The van der Waals surface area contributed by atoms with E-state index in [0.717, 1.165) is 36.1 Å². The van der Waals surface area contributed by atoms with Gasteiger partial charge in [0.05, 0.1) is 11.3 Å². The van der Waals surface area contributed by atoms with Crippen LogP contribution in [0.25, 0.3) is 5.69 Å². The van der Waals surface area contributed by atoms with E-state index in [1.54, 1.807) is 0 Å². The van der Waals surface area contributed by atoms with Crippen molar-refractivity contribution >= 4 is 11.6 Å². The van der Waals surface area contributed by atoms with E-state index < -0.39 is 52.5 Å². The highest BCUT2D eigenvalue weighted by molar-refractivity contribution is 6.06. The van der Waals surface area contributed by atoms with Crippen LogP contribution in [0.3, 0.4) is 0 Å². The number of hydrogen-bond donors (Lipinski definition) is 1. The standard InChI is InChI=1S/C24H23F5N4O3/c1-12-6-4-9-16(25)20(12)30-22(34)15-10-17(26)18(11-19(15)36-13(2)24(27,28)29)33-23(35)32(3)21(31-33)14-7-5-8-14/h4,6,9-11,13-14H,5,7-8H2,1-3H3,(H,30,34). The van der Waals surface area contributed by atoms with E-state index in [4.69, 9.17) is 4.74 Å². The van der Waals surface area contributed by atoms with Gasteiger partial charge in [0.2, 0.25) is 0 Å². The van der Waals surface area contributed by atoms with Crippen molar-refractivity contribution in [1.29, 1.82) is 0 Å². The number of aryl methyl sites for hydroxylation is 1. The third-order valence-electron chi connectivity index (χ3n) is 6.23. The number of nitrogens with zero attached hydrogens (tertiary/aromatic N) is 3. The molecule has 0 spiro atoms. The van der Waals surface area contributed by atoms with Crippen LogP contribution >= 0.6 is 0 Å². The number of para-hydroxylation sites is 1. The highest BCUT2D eigenvalue weighted by Crippen LogP contribution is 2.35.